The second-order valence-corrected chi connectivity index (χ2v) is 8.62. The lowest BCUT2D eigenvalue weighted by molar-refractivity contribution is -0.160. The van der Waals surface area contributed by atoms with Crippen molar-refractivity contribution in [1.82, 2.24) is 10.6 Å². The van der Waals surface area contributed by atoms with Crippen LogP contribution in [0, 0.1) is 11.8 Å². The van der Waals surface area contributed by atoms with Crippen molar-refractivity contribution in [3.05, 3.63) is 35.9 Å². The monoisotopic (exact) mass is 420 g/mol. The van der Waals surface area contributed by atoms with Gasteiger partial charge in [0.25, 0.3) is 0 Å². The number of aliphatic carboxylic acids is 1. The molecule has 2 amide bonds. The number of hydrogen-bond acceptors (Lipinski definition) is 4. The molecule has 0 unspecified atom stereocenters. The highest BCUT2D eigenvalue weighted by molar-refractivity contribution is 5.87. The molecule has 168 valence electrons. The van der Waals surface area contributed by atoms with Gasteiger partial charge in [-0.1, -0.05) is 64.4 Å². The minimum atomic E-state index is -1.73. The predicted molar refractivity (Wildman–Crippen MR) is 116 cm³/mol. The molecule has 3 atom stereocenters. The Labute approximate surface area is 179 Å². The zero-order chi connectivity index (χ0) is 22.9. The third-order valence-electron chi connectivity index (χ3n) is 4.95. The summed E-state index contributed by atoms with van der Waals surface area (Å²) in [5.41, 5.74) is -0.974. The van der Waals surface area contributed by atoms with Crippen molar-refractivity contribution in [3.63, 3.8) is 0 Å². The lowest BCUT2D eigenvalue weighted by atomic mass is 9.86. The Kier molecular flexibility index (Phi) is 9.82. The molecule has 0 aliphatic carbocycles. The van der Waals surface area contributed by atoms with E-state index >= 15 is 0 Å². The van der Waals surface area contributed by atoms with Crippen LogP contribution in [-0.4, -0.2) is 40.8 Å². The molecular weight excluding hydrogens is 384 g/mol. The fourth-order valence-corrected chi connectivity index (χ4v) is 3.35. The summed E-state index contributed by atoms with van der Waals surface area (Å²) in [5.74, 6) is -1.69. The SMILES string of the molecule is CC[C@H](C)[C@H](NC(=O)O[C@](Cc1ccccc1)(CC(C)C)C(=O)O)C(=O)NC(C)C. The summed E-state index contributed by atoms with van der Waals surface area (Å²) in [7, 11) is 0. The first-order valence-electron chi connectivity index (χ1n) is 10.6. The number of carboxylic acids is 1. The highest BCUT2D eigenvalue weighted by Gasteiger charge is 2.44. The van der Waals surface area contributed by atoms with Crippen LogP contribution in [0.15, 0.2) is 30.3 Å². The summed E-state index contributed by atoms with van der Waals surface area (Å²) in [6.45, 7) is 11.2. The third-order valence-corrected chi connectivity index (χ3v) is 4.95. The second kappa shape index (κ2) is 11.6. The maximum Gasteiger partial charge on any atom is 0.408 e. The van der Waals surface area contributed by atoms with Gasteiger partial charge in [0, 0.05) is 18.9 Å². The first kappa shape index (κ1) is 25.5. The fraction of sp³-hybridized carbons (Fsp3) is 0.609. The van der Waals surface area contributed by atoms with Gasteiger partial charge in [0.1, 0.15) is 6.04 Å². The molecule has 1 aromatic carbocycles. The molecule has 0 aliphatic rings. The lowest BCUT2D eigenvalue weighted by Crippen LogP contribution is -2.55. The molecule has 0 saturated carbocycles. The molecule has 7 heteroatoms. The summed E-state index contributed by atoms with van der Waals surface area (Å²) < 4.78 is 5.57. The first-order chi connectivity index (χ1) is 14.0. The van der Waals surface area contributed by atoms with Gasteiger partial charge >= 0.3 is 12.1 Å². The number of alkyl carbamates (subject to hydrolysis) is 1. The Bertz CT molecular complexity index is 705. The zero-order valence-electron chi connectivity index (χ0n) is 18.9. The zero-order valence-corrected chi connectivity index (χ0v) is 18.9. The average molecular weight is 421 g/mol. The Morgan fingerprint density at radius 3 is 2.10 bits per heavy atom. The highest BCUT2D eigenvalue weighted by atomic mass is 16.6. The number of carbonyl (C=O) groups excluding carboxylic acids is 2. The van der Waals surface area contributed by atoms with Gasteiger partial charge in [0.2, 0.25) is 11.5 Å². The van der Waals surface area contributed by atoms with Gasteiger partial charge in [0.05, 0.1) is 0 Å². The lowest BCUT2D eigenvalue weighted by Gasteiger charge is -2.32. The highest BCUT2D eigenvalue weighted by Crippen LogP contribution is 2.27. The van der Waals surface area contributed by atoms with Crippen LogP contribution < -0.4 is 10.6 Å². The van der Waals surface area contributed by atoms with Crippen LogP contribution >= 0.6 is 0 Å². The number of hydrogen-bond donors (Lipinski definition) is 3. The van der Waals surface area contributed by atoms with Gasteiger partial charge in [-0.25, -0.2) is 9.59 Å². The van der Waals surface area contributed by atoms with E-state index in [4.69, 9.17) is 4.74 Å². The van der Waals surface area contributed by atoms with Gasteiger partial charge < -0.3 is 20.5 Å². The van der Waals surface area contributed by atoms with E-state index in [1.54, 1.807) is 12.1 Å². The topological polar surface area (TPSA) is 105 Å². The smallest absolute Gasteiger partial charge is 0.408 e. The summed E-state index contributed by atoms with van der Waals surface area (Å²) >= 11 is 0. The van der Waals surface area contributed by atoms with E-state index in [0.29, 0.717) is 6.42 Å². The van der Waals surface area contributed by atoms with Crippen LogP contribution in [0.1, 0.15) is 59.9 Å². The van der Waals surface area contributed by atoms with E-state index in [0.717, 1.165) is 5.56 Å². The molecule has 0 aromatic heterocycles. The van der Waals surface area contributed by atoms with Crippen molar-refractivity contribution in [2.75, 3.05) is 0 Å². The van der Waals surface area contributed by atoms with E-state index < -0.39 is 23.7 Å². The van der Waals surface area contributed by atoms with Crippen molar-refractivity contribution < 1.29 is 24.2 Å². The van der Waals surface area contributed by atoms with E-state index in [1.165, 1.54) is 0 Å². The van der Waals surface area contributed by atoms with Crippen LogP contribution in [0.5, 0.6) is 0 Å². The Balaban J connectivity index is 3.12. The van der Waals surface area contributed by atoms with E-state index in [-0.39, 0.29) is 36.6 Å². The van der Waals surface area contributed by atoms with Crippen molar-refractivity contribution in [2.45, 2.75) is 78.5 Å². The summed E-state index contributed by atoms with van der Waals surface area (Å²) in [5, 5.41) is 15.4. The number of ether oxygens (including phenoxy) is 1. The van der Waals surface area contributed by atoms with E-state index in [9.17, 15) is 19.5 Å². The Hall–Kier alpha value is -2.57. The molecule has 0 radical (unpaired) electrons. The molecule has 0 fully saturated rings. The molecule has 0 aliphatic heterocycles. The molecular formula is C23H36N2O5. The molecule has 3 N–H and O–H groups in total. The number of benzene rings is 1. The van der Waals surface area contributed by atoms with Crippen LogP contribution in [-0.2, 0) is 20.7 Å². The van der Waals surface area contributed by atoms with E-state index in [2.05, 4.69) is 10.6 Å². The van der Waals surface area contributed by atoms with Crippen molar-refractivity contribution >= 4 is 18.0 Å². The largest absolute Gasteiger partial charge is 0.478 e. The number of rotatable bonds is 11. The Morgan fingerprint density at radius 2 is 1.63 bits per heavy atom. The predicted octanol–water partition coefficient (Wildman–Crippen LogP) is 3.76. The van der Waals surface area contributed by atoms with Gasteiger partial charge in [-0.2, -0.15) is 0 Å². The molecule has 0 spiro atoms. The molecule has 0 heterocycles. The second-order valence-electron chi connectivity index (χ2n) is 8.62. The van der Waals surface area contributed by atoms with Crippen molar-refractivity contribution in [1.29, 1.82) is 0 Å². The van der Waals surface area contributed by atoms with Gasteiger partial charge in [-0.15, -0.1) is 0 Å². The van der Waals surface area contributed by atoms with Crippen molar-refractivity contribution in [3.8, 4) is 0 Å². The fourth-order valence-electron chi connectivity index (χ4n) is 3.35. The van der Waals surface area contributed by atoms with Crippen LogP contribution in [0.25, 0.3) is 0 Å². The number of nitrogens with one attached hydrogen (secondary N) is 2. The van der Waals surface area contributed by atoms with Crippen molar-refractivity contribution in [2.24, 2.45) is 11.8 Å². The van der Waals surface area contributed by atoms with Crippen LogP contribution in [0.2, 0.25) is 0 Å². The number of amides is 2. The summed E-state index contributed by atoms with van der Waals surface area (Å²) in [6.07, 6.45) is -0.0490. The third kappa shape index (κ3) is 7.69. The molecule has 30 heavy (non-hydrogen) atoms. The number of carbonyl (C=O) groups is 3. The molecule has 0 bridgehead atoms. The molecule has 1 rings (SSSR count). The van der Waals surface area contributed by atoms with Gasteiger partial charge in [0.15, 0.2) is 0 Å². The maximum atomic E-state index is 12.8. The minimum absolute atomic E-state index is 0.0211. The molecule has 0 saturated heterocycles. The minimum Gasteiger partial charge on any atom is -0.478 e. The quantitative estimate of drug-likeness (QED) is 0.505. The molecule has 1 aromatic rings. The first-order valence-corrected chi connectivity index (χ1v) is 10.6. The standard InChI is InChI=1S/C23H36N2O5/c1-7-17(6)19(20(26)24-16(4)5)25-22(29)30-23(21(27)28,13-15(2)3)14-18-11-9-8-10-12-18/h8-12,15-17,19H,7,13-14H2,1-6H3,(H,24,26)(H,25,29)(H,27,28)/t17-,19-,23-/m0/s1. The van der Waals surface area contributed by atoms with Crippen LogP contribution in [0.3, 0.4) is 0 Å². The Morgan fingerprint density at radius 1 is 1.03 bits per heavy atom. The summed E-state index contributed by atoms with van der Waals surface area (Å²) in [4.78, 5) is 37.6. The molecule has 7 nitrogen and oxygen atoms in total. The van der Waals surface area contributed by atoms with Gasteiger partial charge in [-0.05, 0) is 31.2 Å². The number of carboxylic acid groups (broad SMARTS) is 1. The average Bonchev–Trinajstić information content (AvgIpc) is 2.64. The van der Waals surface area contributed by atoms with E-state index in [1.807, 2.05) is 59.7 Å². The maximum absolute atomic E-state index is 12.8. The summed E-state index contributed by atoms with van der Waals surface area (Å²) in [6, 6.07) is 8.17. The van der Waals surface area contributed by atoms with Crippen LogP contribution in [0.4, 0.5) is 4.79 Å². The van der Waals surface area contributed by atoms with Gasteiger partial charge in [-0.3, -0.25) is 4.79 Å². The normalized spacial score (nSPS) is 15.2.